The van der Waals surface area contributed by atoms with Gasteiger partial charge < -0.3 is 4.90 Å². The lowest BCUT2D eigenvalue weighted by atomic mass is 10.2. The van der Waals surface area contributed by atoms with E-state index in [1.54, 1.807) is 24.5 Å². The van der Waals surface area contributed by atoms with Crippen LogP contribution in [0, 0.1) is 11.3 Å². The lowest BCUT2D eigenvalue weighted by molar-refractivity contribution is 0.384. The van der Waals surface area contributed by atoms with Gasteiger partial charge in [-0.15, -0.1) is 0 Å². The Morgan fingerprint density at radius 2 is 1.64 bits per heavy atom. The summed E-state index contributed by atoms with van der Waals surface area (Å²) in [6.45, 7) is 1.54. The molecule has 8 nitrogen and oxygen atoms in total. The van der Waals surface area contributed by atoms with E-state index in [0.29, 0.717) is 32.0 Å². The van der Waals surface area contributed by atoms with Crippen LogP contribution in [0.1, 0.15) is 5.56 Å². The maximum absolute atomic E-state index is 13.2. The third kappa shape index (κ3) is 3.91. The Kier molecular flexibility index (Phi) is 5.46. The number of hydrogen-bond donors (Lipinski definition) is 0. The summed E-state index contributed by atoms with van der Waals surface area (Å²) < 4.78 is 27.8. The van der Waals surface area contributed by atoms with Crippen LogP contribution in [0.25, 0.3) is 22.3 Å². The van der Waals surface area contributed by atoms with Gasteiger partial charge in [0.1, 0.15) is 11.9 Å². The van der Waals surface area contributed by atoms with Crippen LogP contribution < -0.4 is 4.90 Å². The van der Waals surface area contributed by atoms with Gasteiger partial charge >= 0.3 is 0 Å². The number of piperazine rings is 1. The van der Waals surface area contributed by atoms with Crippen molar-refractivity contribution >= 4 is 26.7 Å². The highest BCUT2D eigenvalue weighted by molar-refractivity contribution is 7.89. The number of rotatable bonds is 4. The second kappa shape index (κ2) is 8.58. The smallest absolute Gasteiger partial charge is 0.244 e. The zero-order chi connectivity index (χ0) is 22.8. The van der Waals surface area contributed by atoms with Gasteiger partial charge in [0.2, 0.25) is 10.0 Å². The van der Waals surface area contributed by atoms with E-state index in [-0.39, 0.29) is 10.5 Å². The summed E-state index contributed by atoms with van der Waals surface area (Å²) in [5.41, 5.74) is 1.79. The minimum Gasteiger partial charge on any atom is -0.353 e. The third-order valence-electron chi connectivity index (χ3n) is 5.67. The second-order valence-corrected chi connectivity index (χ2v) is 9.54. The van der Waals surface area contributed by atoms with Crippen molar-refractivity contribution in [3.05, 3.63) is 78.6 Å². The average Bonchev–Trinajstić information content (AvgIpc) is 2.88. The summed E-state index contributed by atoms with van der Waals surface area (Å²) in [6.07, 6.45) is 3.43. The fourth-order valence-corrected chi connectivity index (χ4v) is 5.55. The standard InChI is InChI=1S/C24H20N6O2S/c25-16-18-6-1-4-10-22(18)33(31,32)30-14-12-29(13-15-30)24-20-8-2-3-9-21(20)27-23(28-24)19-7-5-11-26-17-19/h1-11,17H,12-15H2. The van der Waals surface area contributed by atoms with Gasteiger partial charge in [-0.25, -0.2) is 18.4 Å². The summed E-state index contributed by atoms with van der Waals surface area (Å²) in [7, 11) is -3.76. The fraction of sp³-hybridized carbons (Fsp3) is 0.167. The van der Waals surface area contributed by atoms with Gasteiger partial charge in [-0.1, -0.05) is 24.3 Å². The van der Waals surface area contributed by atoms with Gasteiger partial charge in [0.05, 0.1) is 16.0 Å². The van der Waals surface area contributed by atoms with Crippen LogP contribution in [0.5, 0.6) is 0 Å². The highest BCUT2D eigenvalue weighted by Gasteiger charge is 2.31. The molecule has 0 spiro atoms. The Labute approximate surface area is 191 Å². The number of fused-ring (bicyclic) bond motifs is 1. The number of aromatic nitrogens is 3. The molecule has 0 bridgehead atoms. The first-order valence-corrected chi connectivity index (χ1v) is 11.9. The van der Waals surface area contributed by atoms with E-state index in [9.17, 15) is 13.7 Å². The van der Waals surface area contributed by atoms with Crippen LogP contribution in [0.4, 0.5) is 5.82 Å². The Morgan fingerprint density at radius 1 is 0.879 bits per heavy atom. The molecule has 3 heterocycles. The Morgan fingerprint density at radius 3 is 2.39 bits per heavy atom. The number of benzene rings is 2. The maximum atomic E-state index is 13.2. The van der Waals surface area contributed by atoms with Crippen LogP contribution >= 0.6 is 0 Å². The van der Waals surface area contributed by atoms with E-state index < -0.39 is 10.0 Å². The predicted molar refractivity (Wildman–Crippen MR) is 125 cm³/mol. The van der Waals surface area contributed by atoms with Crippen LogP contribution in [0.2, 0.25) is 0 Å². The minimum atomic E-state index is -3.76. The van der Waals surface area contributed by atoms with Gasteiger partial charge in [-0.3, -0.25) is 4.98 Å². The minimum absolute atomic E-state index is 0.0484. The largest absolute Gasteiger partial charge is 0.353 e. The molecule has 9 heteroatoms. The fourth-order valence-electron chi connectivity index (χ4n) is 3.99. The number of nitriles is 1. The third-order valence-corrected chi connectivity index (χ3v) is 7.62. The number of anilines is 1. The molecular formula is C24H20N6O2S. The first-order chi connectivity index (χ1) is 16.1. The lowest BCUT2D eigenvalue weighted by Gasteiger charge is -2.35. The molecule has 1 aliphatic rings. The Balaban J connectivity index is 1.46. The van der Waals surface area contributed by atoms with E-state index >= 15 is 0 Å². The topological polar surface area (TPSA) is 103 Å². The summed E-state index contributed by atoms with van der Waals surface area (Å²) in [6, 6.07) is 19.8. The van der Waals surface area contributed by atoms with Gasteiger partial charge in [0.25, 0.3) is 0 Å². The van der Waals surface area contributed by atoms with Crippen LogP contribution in [0.15, 0.2) is 78.0 Å². The molecule has 0 amide bonds. The summed E-state index contributed by atoms with van der Waals surface area (Å²) >= 11 is 0. The molecule has 0 atom stereocenters. The molecule has 5 rings (SSSR count). The SMILES string of the molecule is N#Cc1ccccc1S(=O)(=O)N1CCN(c2nc(-c3cccnc3)nc3ccccc23)CC1. The molecule has 1 aliphatic heterocycles. The van der Waals surface area contributed by atoms with Gasteiger partial charge in [0, 0.05) is 49.5 Å². The number of nitrogens with zero attached hydrogens (tertiary/aromatic N) is 6. The zero-order valence-corrected chi connectivity index (χ0v) is 18.5. The van der Waals surface area contributed by atoms with Crippen molar-refractivity contribution in [2.45, 2.75) is 4.90 Å². The van der Waals surface area contributed by atoms with E-state index in [2.05, 4.69) is 9.88 Å². The van der Waals surface area contributed by atoms with Gasteiger partial charge in [0.15, 0.2) is 5.82 Å². The maximum Gasteiger partial charge on any atom is 0.244 e. The quantitative estimate of drug-likeness (QED) is 0.465. The van der Waals surface area contributed by atoms with Gasteiger partial charge in [-0.05, 0) is 36.4 Å². The highest BCUT2D eigenvalue weighted by atomic mass is 32.2. The normalized spacial score (nSPS) is 14.8. The van der Waals surface area contributed by atoms with Crippen molar-refractivity contribution in [2.75, 3.05) is 31.1 Å². The number of para-hydroxylation sites is 1. The van der Waals surface area contributed by atoms with Crippen molar-refractivity contribution in [1.29, 1.82) is 5.26 Å². The molecule has 0 aliphatic carbocycles. The number of hydrogen-bond acceptors (Lipinski definition) is 7. The molecular weight excluding hydrogens is 436 g/mol. The molecule has 1 saturated heterocycles. The monoisotopic (exact) mass is 456 g/mol. The summed E-state index contributed by atoms with van der Waals surface area (Å²) in [5.74, 6) is 1.35. The molecule has 1 fully saturated rings. The Bertz CT molecular complexity index is 1460. The first kappa shape index (κ1) is 21.0. The molecule has 2 aromatic carbocycles. The van der Waals surface area contributed by atoms with Crippen molar-refractivity contribution in [1.82, 2.24) is 19.3 Å². The van der Waals surface area contributed by atoms with E-state index in [0.717, 1.165) is 22.3 Å². The number of pyridine rings is 1. The molecule has 33 heavy (non-hydrogen) atoms. The van der Waals surface area contributed by atoms with Crippen LogP contribution in [-0.2, 0) is 10.0 Å². The molecule has 0 radical (unpaired) electrons. The summed E-state index contributed by atoms with van der Waals surface area (Å²) in [5, 5.41) is 10.2. The van der Waals surface area contributed by atoms with E-state index in [1.807, 2.05) is 42.5 Å². The van der Waals surface area contributed by atoms with E-state index in [4.69, 9.17) is 9.97 Å². The second-order valence-electron chi connectivity index (χ2n) is 7.63. The van der Waals surface area contributed by atoms with E-state index in [1.165, 1.54) is 16.4 Å². The van der Waals surface area contributed by atoms with Gasteiger partial charge in [-0.2, -0.15) is 9.57 Å². The van der Waals surface area contributed by atoms with Crippen LogP contribution in [0.3, 0.4) is 0 Å². The van der Waals surface area contributed by atoms with Crippen molar-refractivity contribution in [3.8, 4) is 17.5 Å². The number of sulfonamides is 1. The molecule has 4 aromatic rings. The predicted octanol–water partition coefficient (Wildman–Crippen LogP) is 3.07. The molecule has 164 valence electrons. The summed E-state index contributed by atoms with van der Waals surface area (Å²) in [4.78, 5) is 15.8. The molecule has 0 unspecified atom stereocenters. The highest BCUT2D eigenvalue weighted by Crippen LogP contribution is 2.29. The Hall–Kier alpha value is -3.87. The first-order valence-electron chi connectivity index (χ1n) is 10.5. The van der Waals surface area contributed by atoms with Crippen molar-refractivity contribution in [2.24, 2.45) is 0 Å². The molecule has 0 N–H and O–H groups in total. The van der Waals surface area contributed by atoms with Crippen molar-refractivity contribution in [3.63, 3.8) is 0 Å². The van der Waals surface area contributed by atoms with Crippen molar-refractivity contribution < 1.29 is 8.42 Å². The molecule has 2 aromatic heterocycles. The zero-order valence-electron chi connectivity index (χ0n) is 17.7. The van der Waals surface area contributed by atoms with Crippen LogP contribution in [-0.4, -0.2) is 53.9 Å². The lowest BCUT2D eigenvalue weighted by Crippen LogP contribution is -2.49. The molecule has 0 saturated carbocycles. The average molecular weight is 457 g/mol.